The van der Waals surface area contributed by atoms with Gasteiger partial charge in [-0.2, -0.15) is 9.78 Å². The highest BCUT2D eigenvalue weighted by atomic mass is 79.9. The first-order valence-electron chi connectivity index (χ1n) is 9.17. The van der Waals surface area contributed by atoms with Gasteiger partial charge in [0.25, 0.3) is 5.56 Å². The number of fused-ring (bicyclic) bond motifs is 1. The van der Waals surface area contributed by atoms with E-state index in [1.807, 2.05) is 24.3 Å². The molecular weight excluding hydrogens is 408 g/mol. The van der Waals surface area contributed by atoms with Crippen LogP contribution < -0.4 is 10.5 Å². The van der Waals surface area contributed by atoms with Crippen molar-refractivity contribution in [1.29, 1.82) is 0 Å². The summed E-state index contributed by atoms with van der Waals surface area (Å²) in [6.45, 7) is 7.94. The monoisotopic (exact) mass is 430 g/mol. The van der Waals surface area contributed by atoms with E-state index in [1.165, 1.54) is 4.68 Å². The van der Waals surface area contributed by atoms with Gasteiger partial charge < -0.3 is 9.32 Å². The highest BCUT2D eigenvalue weighted by Gasteiger charge is 2.11. The van der Waals surface area contributed by atoms with Gasteiger partial charge in [0.05, 0.1) is 17.1 Å². The highest BCUT2D eigenvalue weighted by Crippen LogP contribution is 2.18. The summed E-state index contributed by atoms with van der Waals surface area (Å²) in [4.78, 5) is 19.7. The molecule has 0 saturated heterocycles. The summed E-state index contributed by atoms with van der Waals surface area (Å²) in [5, 5.41) is 4.92. The van der Waals surface area contributed by atoms with Crippen LogP contribution in [0.4, 0.5) is 5.88 Å². The quantitative estimate of drug-likeness (QED) is 0.519. The maximum Gasteiger partial charge on any atom is 0.282 e. The van der Waals surface area contributed by atoms with E-state index < -0.39 is 0 Å². The zero-order valence-corrected chi connectivity index (χ0v) is 17.4. The number of anilines is 1. The summed E-state index contributed by atoms with van der Waals surface area (Å²) >= 11 is 3.41. The molecule has 0 atom stereocenters. The van der Waals surface area contributed by atoms with Crippen LogP contribution in [0.5, 0.6) is 0 Å². The Morgan fingerprint density at radius 1 is 1.22 bits per heavy atom. The Bertz CT molecular complexity index is 1020. The van der Waals surface area contributed by atoms with Crippen LogP contribution in [0.25, 0.3) is 10.9 Å². The van der Waals surface area contributed by atoms with E-state index in [1.54, 1.807) is 12.3 Å². The van der Waals surface area contributed by atoms with Gasteiger partial charge in [-0.3, -0.25) is 4.79 Å². The summed E-state index contributed by atoms with van der Waals surface area (Å²) in [6.07, 6.45) is 3.11. The van der Waals surface area contributed by atoms with Gasteiger partial charge in [0, 0.05) is 30.0 Å². The number of halogens is 1. The Labute approximate surface area is 166 Å². The fraction of sp³-hybridized carbons (Fsp3) is 0.350. The van der Waals surface area contributed by atoms with Crippen molar-refractivity contribution in [2.24, 2.45) is 5.10 Å². The second-order valence-corrected chi connectivity index (χ2v) is 7.06. The molecule has 0 unspecified atom stereocenters. The van der Waals surface area contributed by atoms with Gasteiger partial charge in [-0.05, 0) is 44.5 Å². The number of aryl methyl sites for hydroxylation is 1. The summed E-state index contributed by atoms with van der Waals surface area (Å²) in [5.74, 6) is 2.04. The number of nitrogens with zero attached hydrogens (tertiary/aromatic N) is 4. The topological polar surface area (TPSA) is 63.6 Å². The van der Waals surface area contributed by atoms with Crippen LogP contribution in [0.15, 0.2) is 49.1 Å². The van der Waals surface area contributed by atoms with Crippen LogP contribution in [-0.4, -0.2) is 29.0 Å². The van der Waals surface area contributed by atoms with E-state index in [9.17, 15) is 4.79 Å². The number of furan rings is 1. The Morgan fingerprint density at radius 2 is 2.00 bits per heavy atom. The van der Waals surface area contributed by atoms with Crippen molar-refractivity contribution in [3.8, 4) is 0 Å². The lowest BCUT2D eigenvalue weighted by atomic mass is 10.2. The molecule has 0 aliphatic rings. The largest absolute Gasteiger partial charge is 0.440 e. The Balaban J connectivity index is 2.02. The Kier molecular flexibility index (Phi) is 6.11. The van der Waals surface area contributed by atoms with E-state index in [2.05, 4.69) is 51.7 Å². The van der Waals surface area contributed by atoms with Crippen LogP contribution in [0.2, 0.25) is 0 Å². The van der Waals surface area contributed by atoms with Gasteiger partial charge in [-0.15, -0.1) is 0 Å². The lowest BCUT2D eigenvalue weighted by Gasteiger charge is -2.16. The van der Waals surface area contributed by atoms with E-state index in [0.717, 1.165) is 29.9 Å². The summed E-state index contributed by atoms with van der Waals surface area (Å²) in [7, 11) is 0. The number of hydrogen-bond donors (Lipinski definition) is 0. The van der Waals surface area contributed by atoms with E-state index >= 15 is 0 Å². The first-order chi connectivity index (χ1) is 13.1. The predicted octanol–water partition coefficient (Wildman–Crippen LogP) is 4.43. The molecule has 0 bridgehead atoms. The molecule has 0 N–H and O–H groups in total. The van der Waals surface area contributed by atoms with Crippen molar-refractivity contribution < 1.29 is 4.42 Å². The van der Waals surface area contributed by atoms with Gasteiger partial charge in [0.2, 0.25) is 0 Å². The molecule has 0 fully saturated rings. The van der Waals surface area contributed by atoms with Crippen LogP contribution >= 0.6 is 15.9 Å². The smallest absolute Gasteiger partial charge is 0.282 e. The van der Waals surface area contributed by atoms with Gasteiger partial charge in [0.1, 0.15) is 11.6 Å². The van der Waals surface area contributed by atoms with Crippen molar-refractivity contribution in [3.63, 3.8) is 0 Å². The minimum Gasteiger partial charge on any atom is -0.440 e. The van der Waals surface area contributed by atoms with E-state index in [4.69, 9.17) is 4.42 Å². The normalized spacial score (nSPS) is 11.6. The molecule has 3 aromatic rings. The van der Waals surface area contributed by atoms with E-state index in [-0.39, 0.29) is 5.56 Å². The summed E-state index contributed by atoms with van der Waals surface area (Å²) < 4.78 is 8.04. The fourth-order valence-electron chi connectivity index (χ4n) is 2.93. The van der Waals surface area contributed by atoms with Crippen molar-refractivity contribution in [2.45, 2.75) is 33.6 Å². The van der Waals surface area contributed by atoms with Crippen LogP contribution in [-0.2, 0) is 6.42 Å². The molecule has 0 saturated carbocycles. The van der Waals surface area contributed by atoms with Gasteiger partial charge in [0.15, 0.2) is 5.88 Å². The van der Waals surface area contributed by atoms with Crippen molar-refractivity contribution in [3.05, 3.63) is 56.7 Å². The van der Waals surface area contributed by atoms with E-state index in [0.29, 0.717) is 28.9 Å². The zero-order chi connectivity index (χ0) is 19.4. The van der Waals surface area contributed by atoms with Crippen LogP contribution in [0.3, 0.4) is 0 Å². The molecule has 0 aliphatic heterocycles. The average molecular weight is 431 g/mol. The summed E-state index contributed by atoms with van der Waals surface area (Å²) in [5.41, 5.74) is 0.497. The molecule has 6 nitrogen and oxygen atoms in total. The molecule has 1 aromatic carbocycles. The molecule has 0 amide bonds. The number of hydrogen-bond acceptors (Lipinski definition) is 5. The number of rotatable bonds is 7. The fourth-order valence-corrected chi connectivity index (χ4v) is 3.29. The maximum atomic E-state index is 13.0. The SMILES string of the molecule is CCCc1nc2ccc(Br)cc2c(=O)n1N=Cc1ccc(N(CC)CC)o1. The van der Waals surface area contributed by atoms with Gasteiger partial charge in [-0.1, -0.05) is 22.9 Å². The Morgan fingerprint density at radius 3 is 2.70 bits per heavy atom. The third-order valence-corrected chi connectivity index (χ3v) is 4.83. The average Bonchev–Trinajstić information content (AvgIpc) is 3.12. The molecule has 0 spiro atoms. The highest BCUT2D eigenvalue weighted by molar-refractivity contribution is 9.10. The first kappa shape index (κ1) is 19.4. The lowest BCUT2D eigenvalue weighted by Crippen LogP contribution is -2.22. The van der Waals surface area contributed by atoms with Crippen molar-refractivity contribution >= 4 is 38.9 Å². The van der Waals surface area contributed by atoms with Gasteiger partial charge >= 0.3 is 0 Å². The second kappa shape index (κ2) is 8.52. The Hall–Kier alpha value is -2.41. The molecule has 3 rings (SSSR count). The van der Waals surface area contributed by atoms with Crippen LogP contribution in [0.1, 0.15) is 38.8 Å². The second-order valence-electron chi connectivity index (χ2n) is 6.15. The number of benzene rings is 1. The molecular formula is C20H23BrN4O2. The predicted molar refractivity (Wildman–Crippen MR) is 113 cm³/mol. The van der Waals surface area contributed by atoms with Crippen molar-refractivity contribution in [1.82, 2.24) is 9.66 Å². The van der Waals surface area contributed by atoms with Crippen molar-refractivity contribution in [2.75, 3.05) is 18.0 Å². The third-order valence-electron chi connectivity index (χ3n) is 4.34. The minimum atomic E-state index is -0.184. The molecule has 27 heavy (non-hydrogen) atoms. The van der Waals surface area contributed by atoms with Crippen LogP contribution in [0, 0.1) is 0 Å². The zero-order valence-electron chi connectivity index (χ0n) is 15.8. The molecule has 2 heterocycles. The molecule has 0 aliphatic carbocycles. The third kappa shape index (κ3) is 4.13. The number of aromatic nitrogens is 2. The maximum absolute atomic E-state index is 13.0. The molecule has 0 radical (unpaired) electrons. The standard InChI is InChI=1S/C20H23BrN4O2/c1-4-7-18-23-17-10-8-14(21)12-16(17)20(26)25(18)22-13-15-9-11-19(27-15)24(5-2)6-3/h8-13H,4-7H2,1-3H3. The minimum absolute atomic E-state index is 0.184. The first-order valence-corrected chi connectivity index (χ1v) is 9.97. The molecule has 7 heteroatoms. The van der Waals surface area contributed by atoms with Gasteiger partial charge in [-0.25, -0.2) is 4.98 Å². The summed E-state index contributed by atoms with van der Waals surface area (Å²) in [6, 6.07) is 9.27. The lowest BCUT2D eigenvalue weighted by molar-refractivity contribution is 0.543. The molecule has 2 aromatic heterocycles. The molecule has 142 valence electrons.